The van der Waals surface area contributed by atoms with Crippen LogP contribution in [0, 0.1) is 5.41 Å². The van der Waals surface area contributed by atoms with E-state index in [-0.39, 0.29) is 23.7 Å². The van der Waals surface area contributed by atoms with Gasteiger partial charge in [-0.15, -0.1) is 0 Å². The van der Waals surface area contributed by atoms with Gasteiger partial charge in [-0.1, -0.05) is 6.92 Å². The molecular weight excluding hydrogens is 218 g/mol. The van der Waals surface area contributed by atoms with Crippen LogP contribution in [0.2, 0.25) is 0 Å². The topological polar surface area (TPSA) is 49.8 Å². The van der Waals surface area contributed by atoms with Gasteiger partial charge >= 0.3 is 6.09 Å². The van der Waals surface area contributed by atoms with E-state index in [9.17, 15) is 9.90 Å². The van der Waals surface area contributed by atoms with Crippen molar-refractivity contribution < 1.29 is 14.6 Å². The molecule has 2 bridgehead atoms. The van der Waals surface area contributed by atoms with Gasteiger partial charge in [0.05, 0.1) is 12.1 Å². The number of fused-ring (bicyclic) bond motifs is 1. The minimum Gasteiger partial charge on any atom is -0.444 e. The molecule has 3 fully saturated rings. The maximum atomic E-state index is 12.1. The molecule has 1 amide bonds. The molecule has 0 spiro atoms. The Hall–Kier alpha value is -0.770. The molecule has 3 aliphatic rings. The van der Waals surface area contributed by atoms with Crippen LogP contribution in [0.5, 0.6) is 0 Å². The van der Waals surface area contributed by atoms with Crippen molar-refractivity contribution in [3.05, 3.63) is 0 Å². The molecule has 0 radical (unpaired) electrons. The van der Waals surface area contributed by atoms with Gasteiger partial charge in [-0.25, -0.2) is 4.79 Å². The van der Waals surface area contributed by atoms with Gasteiger partial charge in [-0.05, 0) is 45.4 Å². The first-order valence-corrected chi connectivity index (χ1v) is 6.37. The lowest BCUT2D eigenvalue weighted by Crippen LogP contribution is -2.54. The SMILES string of the molecule is CCC12CN(C(=O)OC(C)(C)C)C(CO)(C1)C2. The van der Waals surface area contributed by atoms with E-state index < -0.39 is 5.60 Å². The molecule has 1 N–H and O–H groups in total. The molecule has 0 unspecified atom stereocenters. The summed E-state index contributed by atoms with van der Waals surface area (Å²) < 4.78 is 5.41. The highest BCUT2D eigenvalue weighted by Crippen LogP contribution is 2.61. The van der Waals surface area contributed by atoms with E-state index in [0.29, 0.717) is 0 Å². The zero-order valence-corrected chi connectivity index (χ0v) is 11.2. The first kappa shape index (κ1) is 12.7. The van der Waals surface area contributed by atoms with E-state index >= 15 is 0 Å². The summed E-state index contributed by atoms with van der Waals surface area (Å²) in [4.78, 5) is 13.9. The maximum absolute atomic E-state index is 12.1. The Labute approximate surface area is 103 Å². The van der Waals surface area contributed by atoms with E-state index in [4.69, 9.17) is 4.74 Å². The van der Waals surface area contributed by atoms with Crippen LogP contribution in [-0.4, -0.2) is 40.4 Å². The number of aliphatic hydroxyl groups is 1. The van der Waals surface area contributed by atoms with Gasteiger partial charge in [0, 0.05) is 6.54 Å². The molecule has 1 saturated carbocycles. The van der Waals surface area contributed by atoms with Crippen molar-refractivity contribution in [1.29, 1.82) is 0 Å². The summed E-state index contributed by atoms with van der Waals surface area (Å²) in [6.07, 6.45) is 2.63. The molecule has 0 atom stereocenters. The van der Waals surface area contributed by atoms with Crippen LogP contribution >= 0.6 is 0 Å². The van der Waals surface area contributed by atoms with Crippen LogP contribution in [0.1, 0.15) is 47.0 Å². The number of carbonyl (C=O) groups is 1. The van der Waals surface area contributed by atoms with Gasteiger partial charge < -0.3 is 9.84 Å². The lowest BCUT2D eigenvalue weighted by Gasteiger charge is -2.46. The van der Waals surface area contributed by atoms with Crippen molar-refractivity contribution in [2.24, 2.45) is 5.41 Å². The average molecular weight is 241 g/mol. The van der Waals surface area contributed by atoms with Crippen molar-refractivity contribution >= 4 is 6.09 Å². The molecule has 1 aliphatic carbocycles. The van der Waals surface area contributed by atoms with Crippen LogP contribution in [0.4, 0.5) is 4.79 Å². The van der Waals surface area contributed by atoms with E-state index in [1.807, 2.05) is 20.8 Å². The van der Waals surface area contributed by atoms with E-state index in [2.05, 4.69) is 6.92 Å². The summed E-state index contributed by atoms with van der Waals surface area (Å²) in [6.45, 7) is 8.54. The molecule has 17 heavy (non-hydrogen) atoms. The summed E-state index contributed by atoms with van der Waals surface area (Å²) >= 11 is 0. The van der Waals surface area contributed by atoms with Crippen molar-refractivity contribution in [3.63, 3.8) is 0 Å². The highest BCUT2D eigenvalue weighted by Gasteiger charge is 2.66. The van der Waals surface area contributed by atoms with Crippen LogP contribution < -0.4 is 0 Å². The van der Waals surface area contributed by atoms with Gasteiger partial charge in [0.25, 0.3) is 0 Å². The number of aliphatic hydroxyl groups excluding tert-OH is 1. The first-order valence-electron chi connectivity index (χ1n) is 6.37. The largest absolute Gasteiger partial charge is 0.444 e. The van der Waals surface area contributed by atoms with Crippen LogP contribution in [0.3, 0.4) is 0 Å². The highest BCUT2D eigenvalue weighted by molar-refractivity contribution is 5.71. The third-order valence-corrected chi connectivity index (χ3v) is 4.13. The number of ether oxygens (including phenoxy) is 1. The van der Waals surface area contributed by atoms with Crippen LogP contribution in [0.15, 0.2) is 0 Å². The predicted octanol–water partition coefficient (Wildman–Crippen LogP) is 2.16. The Morgan fingerprint density at radius 1 is 1.41 bits per heavy atom. The lowest BCUT2D eigenvalue weighted by atomic mass is 9.61. The highest BCUT2D eigenvalue weighted by atomic mass is 16.6. The predicted molar refractivity (Wildman–Crippen MR) is 64.7 cm³/mol. The average Bonchev–Trinajstić information content (AvgIpc) is 2.64. The molecule has 2 heterocycles. The number of rotatable bonds is 2. The Bertz CT molecular complexity index is 326. The zero-order chi connectivity index (χ0) is 12.9. The molecule has 4 nitrogen and oxygen atoms in total. The Morgan fingerprint density at radius 2 is 2.00 bits per heavy atom. The van der Waals surface area contributed by atoms with Crippen molar-refractivity contribution in [1.82, 2.24) is 4.90 Å². The Kier molecular flexibility index (Phi) is 2.69. The summed E-state index contributed by atoms with van der Waals surface area (Å²) in [5.74, 6) is 0. The molecule has 2 saturated heterocycles. The first-order chi connectivity index (χ1) is 7.76. The molecule has 2 aliphatic heterocycles. The fourth-order valence-corrected chi connectivity index (χ4v) is 3.28. The molecule has 98 valence electrons. The Balaban J connectivity index is 2.10. The molecule has 3 rings (SSSR count). The summed E-state index contributed by atoms with van der Waals surface area (Å²) in [6, 6.07) is 0. The van der Waals surface area contributed by atoms with Crippen molar-refractivity contribution in [2.45, 2.75) is 58.1 Å². The van der Waals surface area contributed by atoms with Gasteiger partial charge in [0.1, 0.15) is 5.60 Å². The quantitative estimate of drug-likeness (QED) is 0.806. The second-order valence-corrected chi connectivity index (χ2v) is 6.66. The second kappa shape index (κ2) is 3.61. The standard InChI is InChI=1S/C13H23NO3/c1-5-12-6-13(7-12,9-15)14(8-12)10(16)17-11(2,3)4/h15H,5-9H2,1-4H3. The summed E-state index contributed by atoms with van der Waals surface area (Å²) in [7, 11) is 0. The van der Waals surface area contributed by atoms with E-state index in [0.717, 1.165) is 25.8 Å². The smallest absolute Gasteiger partial charge is 0.410 e. The fraction of sp³-hybridized carbons (Fsp3) is 0.923. The number of amides is 1. The molecular formula is C13H23NO3. The molecule has 0 aromatic carbocycles. The number of carbonyl (C=O) groups excluding carboxylic acids is 1. The maximum Gasteiger partial charge on any atom is 0.410 e. The van der Waals surface area contributed by atoms with Gasteiger partial charge in [0.2, 0.25) is 0 Å². The summed E-state index contributed by atoms with van der Waals surface area (Å²) in [5, 5.41) is 9.54. The van der Waals surface area contributed by atoms with Crippen LogP contribution in [-0.2, 0) is 4.74 Å². The third-order valence-electron chi connectivity index (χ3n) is 4.13. The van der Waals surface area contributed by atoms with E-state index in [1.54, 1.807) is 4.90 Å². The van der Waals surface area contributed by atoms with Gasteiger partial charge in [-0.2, -0.15) is 0 Å². The van der Waals surface area contributed by atoms with Gasteiger partial charge in [0.15, 0.2) is 0 Å². The Morgan fingerprint density at radius 3 is 2.41 bits per heavy atom. The second-order valence-electron chi connectivity index (χ2n) is 6.66. The van der Waals surface area contributed by atoms with E-state index in [1.165, 1.54) is 0 Å². The molecule has 0 aromatic rings. The van der Waals surface area contributed by atoms with Crippen molar-refractivity contribution in [2.75, 3.05) is 13.2 Å². The number of hydrogen-bond donors (Lipinski definition) is 1. The molecule has 4 heteroatoms. The number of hydrogen-bond acceptors (Lipinski definition) is 3. The minimum absolute atomic E-state index is 0.0496. The fourth-order valence-electron chi connectivity index (χ4n) is 3.28. The zero-order valence-electron chi connectivity index (χ0n) is 11.2. The summed E-state index contributed by atoms with van der Waals surface area (Å²) in [5.41, 5.74) is -0.571. The van der Waals surface area contributed by atoms with Crippen LogP contribution in [0.25, 0.3) is 0 Å². The van der Waals surface area contributed by atoms with Crippen molar-refractivity contribution in [3.8, 4) is 0 Å². The molecule has 0 aromatic heterocycles. The van der Waals surface area contributed by atoms with Gasteiger partial charge in [-0.3, -0.25) is 4.90 Å². The monoisotopic (exact) mass is 241 g/mol. The number of nitrogens with zero attached hydrogens (tertiary/aromatic N) is 1. The lowest BCUT2D eigenvalue weighted by molar-refractivity contribution is -0.0200. The normalized spacial score (nSPS) is 35.7. The third kappa shape index (κ3) is 1.92. The minimum atomic E-state index is -0.472.